The maximum Gasteiger partial charge on any atom is 0.206 e. The van der Waals surface area contributed by atoms with Crippen molar-refractivity contribution in [2.75, 3.05) is 25.6 Å². The monoisotopic (exact) mass is 205 g/mol. The lowest BCUT2D eigenvalue weighted by Gasteiger charge is -2.13. The minimum absolute atomic E-state index is 0.126. The second kappa shape index (κ2) is 3.90. The molecular weight excluding hydrogens is 190 g/mol. The molecule has 0 aliphatic rings. The van der Waals surface area contributed by atoms with Gasteiger partial charge in [-0.05, 0) is 12.1 Å². The van der Waals surface area contributed by atoms with E-state index in [9.17, 15) is 0 Å². The van der Waals surface area contributed by atoms with Crippen LogP contribution in [0.3, 0.4) is 0 Å². The number of hydrogen-bond acceptors (Lipinski definition) is 3. The number of nitrogens with zero attached hydrogens (tertiary/aromatic N) is 3. The van der Waals surface area contributed by atoms with Crippen LogP contribution < -0.4 is 4.90 Å². The lowest BCUT2D eigenvalue weighted by atomic mass is 10.3. The van der Waals surface area contributed by atoms with Crippen LogP contribution in [-0.2, 0) is 6.54 Å². The van der Waals surface area contributed by atoms with E-state index in [2.05, 4.69) is 4.98 Å². The summed E-state index contributed by atoms with van der Waals surface area (Å²) in [6.45, 7) is 0.704. The number of para-hydroxylation sites is 2. The second-order valence-corrected chi connectivity index (χ2v) is 3.67. The van der Waals surface area contributed by atoms with Crippen molar-refractivity contribution in [2.24, 2.45) is 0 Å². The molecule has 0 radical (unpaired) electrons. The lowest BCUT2D eigenvalue weighted by Crippen LogP contribution is -2.16. The Morgan fingerprint density at radius 3 is 2.73 bits per heavy atom. The van der Waals surface area contributed by atoms with Gasteiger partial charge in [0.1, 0.15) is 0 Å². The van der Waals surface area contributed by atoms with Gasteiger partial charge in [0.05, 0.1) is 17.6 Å². The fourth-order valence-corrected chi connectivity index (χ4v) is 1.72. The fourth-order valence-electron chi connectivity index (χ4n) is 1.72. The van der Waals surface area contributed by atoms with Gasteiger partial charge in [0.25, 0.3) is 0 Å². The number of aliphatic hydroxyl groups excluding tert-OH is 1. The lowest BCUT2D eigenvalue weighted by molar-refractivity contribution is 0.278. The normalized spacial score (nSPS) is 10.9. The highest BCUT2D eigenvalue weighted by Gasteiger charge is 2.10. The van der Waals surface area contributed by atoms with E-state index in [-0.39, 0.29) is 6.61 Å². The number of benzene rings is 1. The molecule has 1 aromatic heterocycles. The summed E-state index contributed by atoms with van der Waals surface area (Å²) < 4.78 is 2.02. The van der Waals surface area contributed by atoms with Crippen molar-refractivity contribution in [2.45, 2.75) is 6.54 Å². The van der Waals surface area contributed by atoms with Gasteiger partial charge >= 0.3 is 0 Å². The van der Waals surface area contributed by atoms with E-state index >= 15 is 0 Å². The summed E-state index contributed by atoms with van der Waals surface area (Å²) in [4.78, 5) is 6.46. The first-order valence-corrected chi connectivity index (χ1v) is 4.97. The summed E-state index contributed by atoms with van der Waals surface area (Å²) in [5.74, 6) is 0.880. The molecular formula is C11H15N3O. The maximum atomic E-state index is 9.04. The van der Waals surface area contributed by atoms with Crippen LogP contribution in [0.1, 0.15) is 0 Å². The average molecular weight is 205 g/mol. The molecule has 15 heavy (non-hydrogen) atoms. The first-order valence-electron chi connectivity index (χ1n) is 4.97. The summed E-state index contributed by atoms with van der Waals surface area (Å²) in [7, 11) is 3.91. The van der Waals surface area contributed by atoms with Crippen LogP contribution in [0.4, 0.5) is 5.95 Å². The van der Waals surface area contributed by atoms with Crippen LogP contribution >= 0.6 is 0 Å². The van der Waals surface area contributed by atoms with E-state index in [1.54, 1.807) is 0 Å². The molecule has 0 saturated heterocycles. The summed E-state index contributed by atoms with van der Waals surface area (Å²) in [5, 5.41) is 9.04. The van der Waals surface area contributed by atoms with Gasteiger partial charge in [0.15, 0.2) is 0 Å². The molecule has 0 fully saturated rings. The first-order chi connectivity index (χ1) is 7.24. The van der Waals surface area contributed by atoms with Crippen molar-refractivity contribution < 1.29 is 5.11 Å². The molecule has 2 aromatic rings. The maximum absolute atomic E-state index is 9.04. The molecule has 4 heteroatoms. The van der Waals surface area contributed by atoms with Gasteiger partial charge in [-0.3, -0.25) is 0 Å². The van der Waals surface area contributed by atoms with E-state index in [0.29, 0.717) is 6.54 Å². The predicted molar refractivity (Wildman–Crippen MR) is 61.1 cm³/mol. The van der Waals surface area contributed by atoms with Gasteiger partial charge in [0.2, 0.25) is 5.95 Å². The quantitative estimate of drug-likeness (QED) is 0.815. The van der Waals surface area contributed by atoms with Crippen LogP contribution in [-0.4, -0.2) is 35.4 Å². The number of anilines is 1. The Hall–Kier alpha value is -1.55. The minimum Gasteiger partial charge on any atom is -0.395 e. The third-order valence-electron chi connectivity index (χ3n) is 2.36. The second-order valence-electron chi connectivity index (χ2n) is 3.67. The molecule has 1 N–H and O–H groups in total. The number of aliphatic hydroxyl groups is 1. The largest absolute Gasteiger partial charge is 0.395 e. The molecule has 0 spiro atoms. The van der Waals surface area contributed by atoms with E-state index in [1.807, 2.05) is 47.8 Å². The van der Waals surface area contributed by atoms with Crippen LogP contribution in [0.25, 0.3) is 11.0 Å². The van der Waals surface area contributed by atoms with Gasteiger partial charge < -0.3 is 14.6 Å². The third kappa shape index (κ3) is 1.68. The van der Waals surface area contributed by atoms with Crippen LogP contribution in [0.5, 0.6) is 0 Å². The molecule has 4 nitrogen and oxygen atoms in total. The van der Waals surface area contributed by atoms with Gasteiger partial charge in [-0.1, -0.05) is 12.1 Å². The van der Waals surface area contributed by atoms with E-state index in [0.717, 1.165) is 17.0 Å². The predicted octanol–water partition coefficient (Wildman–Crippen LogP) is 1.09. The van der Waals surface area contributed by atoms with Gasteiger partial charge in [-0.25, -0.2) is 4.98 Å². The molecule has 0 amide bonds. The minimum atomic E-state index is 0.126. The fraction of sp³-hybridized carbons (Fsp3) is 0.364. The van der Waals surface area contributed by atoms with Crippen molar-refractivity contribution >= 4 is 17.0 Å². The highest BCUT2D eigenvalue weighted by molar-refractivity contribution is 5.78. The molecule has 0 aliphatic carbocycles. The van der Waals surface area contributed by atoms with Gasteiger partial charge in [-0.15, -0.1) is 0 Å². The Kier molecular flexibility index (Phi) is 2.60. The number of imidazole rings is 1. The zero-order valence-corrected chi connectivity index (χ0v) is 9.01. The summed E-state index contributed by atoms with van der Waals surface area (Å²) in [6.07, 6.45) is 0. The van der Waals surface area contributed by atoms with E-state index < -0.39 is 0 Å². The molecule has 0 saturated carbocycles. The number of aromatic nitrogens is 2. The van der Waals surface area contributed by atoms with Crippen molar-refractivity contribution in [1.82, 2.24) is 9.55 Å². The number of rotatable bonds is 3. The summed E-state index contributed by atoms with van der Waals surface area (Å²) in [6, 6.07) is 7.95. The number of fused-ring (bicyclic) bond motifs is 1. The summed E-state index contributed by atoms with van der Waals surface area (Å²) >= 11 is 0. The van der Waals surface area contributed by atoms with Gasteiger partial charge in [0, 0.05) is 20.6 Å². The Balaban J connectivity index is 2.63. The molecule has 1 heterocycles. The van der Waals surface area contributed by atoms with Crippen molar-refractivity contribution in [3.8, 4) is 0 Å². The molecule has 0 aliphatic heterocycles. The SMILES string of the molecule is CN(C)c1nc2ccccc2n1CCO. The Labute approximate surface area is 88.8 Å². The zero-order valence-electron chi connectivity index (χ0n) is 9.01. The average Bonchev–Trinajstić information content (AvgIpc) is 2.58. The topological polar surface area (TPSA) is 41.3 Å². The number of hydrogen-bond donors (Lipinski definition) is 1. The standard InChI is InChI=1S/C11H15N3O/c1-13(2)11-12-9-5-3-4-6-10(9)14(11)7-8-15/h3-6,15H,7-8H2,1-2H3. The Bertz CT molecular complexity index is 462. The first kappa shape index (κ1) is 9.98. The highest BCUT2D eigenvalue weighted by atomic mass is 16.3. The van der Waals surface area contributed by atoms with E-state index in [4.69, 9.17) is 5.11 Å². The van der Waals surface area contributed by atoms with Crippen LogP contribution in [0.2, 0.25) is 0 Å². The molecule has 0 bridgehead atoms. The van der Waals surface area contributed by atoms with Crippen LogP contribution in [0, 0.1) is 0 Å². The highest BCUT2D eigenvalue weighted by Crippen LogP contribution is 2.20. The smallest absolute Gasteiger partial charge is 0.206 e. The van der Waals surface area contributed by atoms with Gasteiger partial charge in [-0.2, -0.15) is 0 Å². The third-order valence-corrected chi connectivity index (χ3v) is 2.36. The summed E-state index contributed by atoms with van der Waals surface area (Å²) in [5.41, 5.74) is 2.03. The van der Waals surface area contributed by atoms with Crippen molar-refractivity contribution in [3.63, 3.8) is 0 Å². The van der Waals surface area contributed by atoms with E-state index in [1.165, 1.54) is 0 Å². The molecule has 2 rings (SSSR count). The van der Waals surface area contributed by atoms with Crippen molar-refractivity contribution in [1.29, 1.82) is 0 Å². The molecule has 0 unspecified atom stereocenters. The molecule has 80 valence electrons. The Morgan fingerprint density at radius 1 is 1.33 bits per heavy atom. The zero-order chi connectivity index (χ0) is 10.8. The Morgan fingerprint density at radius 2 is 2.07 bits per heavy atom. The molecule has 1 aromatic carbocycles. The van der Waals surface area contributed by atoms with Crippen LogP contribution in [0.15, 0.2) is 24.3 Å². The van der Waals surface area contributed by atoms with Crippen molar-refractivity contribution in [3.05, 3.63) is 24.3 Å². The molecule has 0 atom stereocenters.